The lowest BCUT2D eigenvalue weighted by molar-refractivity contribution is 0.669. The smallest absolute Gasteiger partial charge is 0.137 e. The maximum atomic E-state index is 6.36. The molecule has 8 aromatic carbocycles. The summed E-state index contributed by atoms with van der Waals surface area (Å²) in [4.78, 5) is 2.35. The van der Waals surface area contributed by atoms with Crippen molar-refractivity contribution in [1.82, 2.24) is 0 Å². The average molecular weight is 618 g/mol. The third-order valence-electron chi connectivity index (χ3n) is 9.45. The zero-order valence-electron chi connectivity index (χ0n) is 25.4. The predicted molar refractivity (Wildman–Crippen MR) is 202 cm³/mol. The topological polar surface area (TPSA) is 16.4 Å². The van der Waals surface area contributed by atoms with Gasteiger partial charge in [0.2, 0.25) is 0 Å². The van der Waals surface area contributed by atoms with E-state index in [1.54, 1.807) is 0 Å². The largest absolute Gasteiger partial charge is 0.456 e. The molecule has 0 saturated carbocycles. The Morgan fingerprint density at radius 2 is 1.04 bits per heavy atom. The molecule has 47 heavy (non-hydrogen) atoms. The summed E-state index contributed by atoms with van der Waals surface area (Å²) in [6.45, 7) is 0. The number of benzene rings is 8. The van der Waals surface area contributed by atoms with Gasteiger partial charge in [0, 0.05) is 54.1 Å². The molecule has 10 rings (SSSR count). The van der Waals surface area contributed by atoms with E-state index in [2.05, 4.69) is 157 Å². The first-order valence-corrected chi connectivity index (χ1v) is 16.7. The summed E-state index contributed by atoms with van der Waals surface area (Å²) in [5.41, 5.74) is 7.49. The molecule has 0 aliphatic heterocycles. The van der Waals surface area contributed by atoms with Crippen LogP contribution in [-0.2, 0) is 0 Å². The lowest BCUT2D eigenvalue weighted by Gasteiger charge is -2.26. The summed E-state index contributed by atoms with van der Waals surface area (Å²) in [6, 6.07) is 59.0. The third kappa shape index (κ3) is 4.17. The molecule has 0 amide bonds. The fourth-order valence-electron chi connectivity index (χ4n) is 7.24. The number of anilines is 3. The molecule has 0 saturated heterocycles. The van der Waals surface area contributed by atoms with Crippen LogP contribution in [0.4, 0.5) is 17.1 Å². The number of para-hydroxylation sites is 1. The van der Waals surface area contributed by atoms with Gasteiger partial charge in [0.1, 0.15) is 11.2 Å². The van der Waals surface area contributed by atoms with Crippen LogP contribution in [0.2, 0.25) is 0 Å². The summed E-state index contributed by atoms with van der Waals surface area (Å²) in [5, 5.41) is 9.99. The second-order valence-corrected chi connectivity index (χ2v) is 13.2. The van der Waals surface area contributed by atoms with Crippen LogP contribution in [0.1, 0.15) is 0 Å². The van der Waals surface area contributed by atoms with Crippen molar-refractivity contribution >= 4 is 92.1 Å². The molecule has 0 N–H and O–H groups in total. The minimum absolute atomic E-state index is 0.885. The molecular formula is C44H27NOS. The third-order valence-corrected chi connectivity index (χ3v) is 10.6. The van der Waals surface area contributed by atoms with Gasteiger partial charge in [-0.3, -0.25) is 0 Å². The van der Waals surface area contributed by atoms with Crippen molar-refractivity contribution in [3.63, 3.8) is 0 Å². The highest BCUT2D eigenvalue weighted by atomic mass is 32.1. The van der Waals surface area contributed by atoms with Gasteiger partial charge in [0.25, 0.3) is 0 Å². The molecule has 0 fully saturated rings. The molecule has 220 valence electrons. The van der Waals surface area contributed by atoms with Crippen LogP contribution >= 0.6 is 11.3 Å². The van der Waals surface area contributed by atoms with E-state index in [4.69, 9.17) is 4.42 Å². The normalized spacial score (nSPS) is 11.8. The Labute approximate surface area is 275 Å². The van der Waals surface area contributed by atoms with Crippen LogP contribution in [0.15, 0.2) is 168 Å². The Balaban J connectivity index is 1.16. The SMILES string of the molecule is c1ccc2c(-c3ccc(N(c4ccc5c(c4)oc4ccccc45)c4ccc5c(c4)sc4ccc6ccccc6c45)cc3)cccc2c1. The monoisotopic (exact) mass is 617 g/mol. The maximum Gasteiger partial charge on any atom is 0.137 e. The van der Waals surface area contributed by atoms with E-state index in [1.165, 1.54) is 52.8 Å². The highest BCUT2D eigenvalue weighted by Crippen LogP contribution is 2.44. The van der Waals surface area contributed by atoms with Gasteiger partial charge in [-0.1, -0.05) is 109 Å². The van der Waals surface area contributed by atoms with Crippen LogP contribution in [-0.4, -0.2) is 0 Å². The van der Waals surface area contributed by atoms with Crippen molar-refractivity contribution < 1.29 is 4.42 Å². The molecule has 0 aliphatic rings. The van der Waals surface area contributed by atoms with Gasteiger partial charge in [-0.15, -0.1) is 11.3 Å². The van der Waals surface area contributed by atoms with Crippen molar-refractivity contribution in [2.45, 2.75) is 0 Å². The Kier molecular flexibility index (Phi) is 5.78. The Morgan fingerprint density at radius 3 is 1.89 bits per heavy atom. The molecule has 0 radical (unpaired) electrons. The highest BCUT2D eigenvalue weighted by Gasteiger charge is 2.18. The van der Waals surface area contributed by atoms with Crippen LogP contribution in [0.25, 0.3) is 74.8 Å². The first-order chi connectivity index (χ1) is 23.3. The summed E-state index contributed by atoms with van der Waals surface area (Å²) in [7, 11) is 0. The Bertz CT molecular complexity index is 2800. The van der Waals surface area contributed by atoms with Crippen molar-refractivity contribution in [3.05, 3.63) is 164 Å². The van der Waals surface area contributed by atoms with Gasteiger partial charge < -0.3 is 9.32 Å². The van der Waals surface area contributed by atoms with Gasteiger partial charge in [-0.25, -0.2) is 0 Å². The fraction of sp³-hybridized carbons (Fsp3) is 0. The van der Waals surface area contributed by atoms with Crippen LogP contribution in [0.3, 0.4) is 0 Å². The average Bonchev–Trinajstić information content (AvgIpc) is 3.70. The van der Waals surface area contributed by atoms with E-state index in [-0.39, 0.29) is 0 Å². The van der Waals surface area contributed by atoms with Crippen molar-refractivity contribution in [2.75, 3.05) is 4.90 Å². The van der Waals surface area contributed by atoms with Gasteiger partial charge in [0.05, 0.1) is 0 Å². The first-order valence-electron chi connectivity index (χ1n) is 15.9. The van der Waals surface area contributed by atoms with E-state index in [9.17, 15) is 0 Å². The Morgan fingerprint density at radius 1 is 0.404 bits per heavy atom. The fourth-order valence-corrected chi connectivity index (χ4v) is 8.40. The second kappa shape index (κ2) is 10.3. The molecule has 2 nitrogen and oxygen atoms in total. The molecule has 0 spiro atoms. The van der Waals surface area contributed by atoms with Crippen molar-refractivity contribution in [1.29, 1.82) is 0 Å². The molecule has 0 aliphatic carbocycles. The van der Waals surface area contributed by atoms with Crippen molar-refractivity contribution in [2.24, 2.45) is 0 Å². The van der Waals surface area contributed by atoms with E-state index < -0.39 is 0 Å². The van der Waals surface area contributed by atoms with Crippen LogP contribution in [0, 0.1) is 0 Å². The summed E-state index contributed by atoms with van der Waals surface area (Å²) >= 11 is 1.86. The molecular weight excluding hydrogens is 591 g/mol. The van der Waals surface area contributed by atoms with E-state index in [0.29, 0.717) is 0 Å². The van der Waals surface area contributed by atoms with E-state index >= 15 is 0 Å². The quantitative estimate of drug-likeness (QED) is 0.195. The lowest BCUT2D eigenvalue weighted by Crippen LogP contribution is -2.09. The molecule has 0 unspecified atom stereocenters. The van der Waals surface area contributed by atoms with Crippen LogP contribution < -0.4 is 4.90 Å². The first kappa shape index (κ1) is 26.3. The molecule has 10 aromatic rings. The maximum absolute atomic E-state index is 6.36. The molecule has 2 heterocycles. The number of rotatable bonds is 4. The summed E-state index contributed by atoms with van der Waals surface area (Å²) in [6.07, 6.45) is 0. The van der Waals surface area contributed by atoms with E-state index in [1.807, 2.05) is 23.5 Å². The minimum atomic E-state index is 0.885. The predicted octanol–water partition coefficient (Wildman–Crippen LogP) is 13.4. The standard InChI is InChI=1S/C44H27NOS/c1-3-11-34-28(8-1)10-7-14-35(34)30-16-19-31(20-17-30)45(32-21-23-38-37-13-5-6-15-40(37)46-41(38)26-32)33-22-24-39-43(27-33)47-42-25-18-29-9-2-4-12-36(29)44(39)42/h1-27H. The summed E-state index contributed by atoms with van der Waals surface area (Å²) in [5.74, 6) is 0. The zero-order chi connectivity index (χ0) is 30.9. The zero-order valence-corrected chi connectivity index (χ0v) is 26.2. The highest BCUT2D eigenvalue weighted by molar-refractivity contribution is 7.26. The van der Waals surface area contributed by atoms with Gasteiger partial charge >= 0.3 is 0 Å². The number of furan rings is 1. The molecule has 0 bridgehead atoms. The van der Waals surface area contributed by atoms with Gasteiger partial charge in [-0.2, -0.15) is 0 Å². The van der Waals surface area contributed by atoms with Crippen LogP contribution in [0.5, 0.6) is 0 Å². The number of hydrogen-bond acceptors (Lipinski definition) is 3. The van der Waals surface area contributed by atoms with E-state index in [0.717, 1.165) is 39.0 Å². The number of nitrogens with zero attached hydrogens (tertiary/aromatic N) is 1. The van der Waals surface area contributed by atoms with Gasteiger partial charge in [-0.05, 0) is 81.2 Å². The molecule has 0 atom stereocenters. The molecule has 2 aromatic heterocycles. The molecule has 3 heteroatoms. The number of hydrogen-bond donors (Lipinski definition) is 0. The number of fused-ring (bicyclic) bond motifs is 9. The summed E-state index contributed by atoms with van der Waals surface area (Å²) < 4.78 is 8.94. The number of thiophene rings is 1. The second-order valence-electron chi connectivity index (χ2n) is 12.1. The Hall–Kier alpha value is -5.90. The van der Waals surface area contributed by atoms with Crippen molar-refractivity contribution in [3.8, 4) is 11.1 Å². The minimum Gasteiger partial charge on any atom is -0.456 e. The lowest BCUT2D eigenvalue weighted by atomic mass is 9.98. The van der Waals surface area contributed by atoms with Gasteiger partial charge in [0.15, 0.2) is 0 Å².